The molecule has 0 aliphatic carbocycles. The second kappa shape index (κ2) is 9.93. The molecule has 0 bridgehead atoms. The van der Waals surface area contributed by atoms with Crippen LogP contribution in [0.1, 0.15) is 37.7 Å². The summed E-state index contributed by atoms with van der Waals surface area (Å²) in [5.74, 6) is 0.266. The minimum absolute atomic E-state index is 0.128. The number of carboxylic acid groups (broad SMARTS) is 1. The molecule has 2 N–H and O–H groups in total. The normalized spacial score (nSPS) is 18.4. The molecular weight excluding hydrogens is 346 g/mol. The summed E-state index contributed by atoms with van der Waals surface area (Å²) in [6.45, 7) is 0.252. The lowest BCUT2D eigenvalue weighted by Gasteiger charge is -2.07. The second-order valence-corrected chi connectivity index (χ2v) is 8.83. The molecule has 0 spiro atoms. The molecule has 0 aromatic heterocycles. The third-order valence-corrected chi connectivity index (χ3v) is 7.14. The van der Waals surface area contributed by atoms with Crippen molar-refractivity contribution in [1.29, 1.82) is 0 Å². The molecule has 1 fully saturated rings. The molecule has 1 saturated heterocycles. The van der Waals surface area contributed by atoms with Crippen molar-refractivity contribution in [1.82, 2.24) is 0 Å². The number of carboxylic acids is 1. The molecule has 1 aromatic rings. The number of phenolic OH excluding ortho intramolecular Hbond substituents is 1. The van der Waals surface area contributed by atoms with E-state index in [1.165, 1.54) is 30.7 Å². The van der Waals surface area contributed by atoms with E-state index < -0.39 is 12.0 Å². The number of phenols is 1. The number of rotatable bonds is 10. The van der Waals surface area contributed by atoms with E-state index in [1.54, 1.807) is 12.1 Å². The molecule has 2 rings (SSSR count). The van der Waals surface area contributed by atoms with Gasteiger partial charge >= 0.3 is 5.97 Å². The number of carbonyl (C=O) groups is 1. The number of nitroso groups, excluding NO2 is 1. The van der Waals surface area contributed by atoms with Crippen LogP contribution in [0.5, 0.6) is 5.75 Å². The number of unbranched alkanes of at least 4 members (excludes halogenated alkanes) is 2. The number of aliphatic carboxylic acids is 1. The van der Waals surface area contributed by atoms with E-state index in [0.717, 1.165) is 30.1 Å². The number of hydrogen-bond donors (Lipinski definition) is 2. The van der Waals surface area contributed by atoms with Crippen LogP contribution < -0.4 is 0 Å². The topological polar surface area (TPSA) is 77.6 Å². The third-order valence-electron chi connectivity index (χ3n) is 4.13. The molecule has 0 saturated carbocycles. The predicted octanol–water partition coefficient (Wildman–Crippen LogP) is 3.88. The smallest absolute Gasteiger partial charge is 0.377 e. The Morgan fingerprint density at radius 3 is 2.62 bits per heavy atom. The average molecular weight is 371 g/mol. The van der Waals surface area contributed by atoms with E-state index in [2.05, 4.69) is 0 Å². The second-order valence-electron chi connectivity index (χ2n) is 6.04. The molecular formula is C17H24NO4S2+. The predicted molar refractivity (Wildman–Crippen MR) is 98.7 cm³/mol. The molecule has 24 heavy (non-hydrogen) atoms. The SMILES string of the molecule is O=C(O)C(Cc1ccc(O)cc1)[N+](=O)CCCCCC1CCSS1. The van der Waals surface area contributed by atoms with Gasteiger partial charge in [0.15, 0.2) is 6.54 Å². The summed E-state index contributed by atoms with van der Waals surface area (Å²) in [7, 11) is 3.90. The summed E-state index contributed by atoms with van der Waals surface area (Å²) in [4.78, 5) is 23.5. The van der Waals surface area contributed by atoms with Crippen LogP contribution in [0.2, 0.25) is 0 Å². The fourth-order valence-corrected chi connectivity index (χ4v) is 5.73. The summed E-state index contributed by atoms with van der Waals surface area (Å²) < 4.78 is 0.690. The quantitative estimate of drug-likeness (QED) is 0.370. The van der Waals surface area contributed by atoms with Crippen molar-refractivity contribution in [3.8, 4) is 5.75 Å². The Morgan fingerprint density at radius 1 is 1.25 bits per heavy atom. The highest BCUT2D eigenvalue weighted by Crippen LogP contribution is 2.39. The van der Waals surface area contributed by atoms with E-state index in [4.69, 9.17) is 0 Å². The maximum Gasteiger partial charge on any atom is 0.377 e. The first-order valence-electron chi connectivity index (χ1n) is 8.29. The maximum atomic E-state index is 12.2. The zero-order chi connectivity index (χ0) is 17.4. The first-order valence-corrected chi connectivity index (χ1v) is 10.7. The molecule has 1 heterocycles. The summed E-state index contributed by atoms with van der Waals surface area (Å²) in [5.41, 5.74) is 0.733. The Labute approximate surface area is 150 Å². The first kappa shape index (κ1) is 19.1. The lowest BCUT2D eigenvalue weighted by Crippen LogP contribution is -2.35. The Bertz CT molecular complexity index is 544. The number of aromatic hydroxyl groups is 1. The van der Waals surface area contributed by atoms with Gasteiger partial charge < -0.3 is 10.2 Å². The molecule has 1 aliphatic heterocycles. The zero-order valence-electron chi connectivity index (χ0n) is 13.6. The van der Waals surface area contributed by atoms with Crippen LogP contribution in [-0.4, -0.2) is 44.5 Å². The van der Waals surface area contributed by atoms with Gasteiger partial charge in [-0.25, -0.2) is 4.79 Å². The Morgan fingerprint density at radius 2 is 2.00 bits per heavy atom. The van der Waals surface area contributed by atoms with Crippen molar-refractivity contribution in [2.75, 3.05) is 12.3 Å². The van der Waals surface area contributed by atoms with Crippen molar-refractivity contribution >= 4 is 27.6 Å². The van der Waals surface area contributed by atoms with Gasteiger partial charge in [0.05, 0.1) is 6.42 Å². The zero-order valence-corrected chi connectivity index (χ0v) is 15.2. The third kappa shape index (κ3) is 6.36. The van der Waals surface area contributed by atoms with E-state index in [-0.39, 0.29) is 18.7 Å². The largest absolute Gasteiger partial charge is 0.508 e. The van der Waals surface area contributed by atoms with Crippen LogP contribution in [-0.2, 0) is 11.2 Å². The van der Waals surface area contributed by atoms with Crippen molar-refractivity contribution in [2.24, 2.45) is 0 Å². The van der Waals surface area contributed by atoms with E-state index in [1.807, 2.05) is 21.6 Å². The number of hydrogen-bond acceptors (Lipinski definition) is 5. The highest BCUT2D eigenvalue weighted by molar-refractivity contribution is 8.77. The van der Waals surface area contributed by atoms with Gasteiger partial charge in [-0.05, 0) is 37.0 Å². The monoisotopic (exact) mass is 370 g/mol. The van der Waals surface area contributed by atoms with Gasteiger partial charge in [0.1, 0.15) is 5.75 Å². The number of nitrogens with zero attached hydrogens (tertiary/aromatic N) is 1. The van der Waals surface area contributed by atoms with Gasteiger partial charge in [0, 0.05) is 27.1 Å². The average Bonchev–Trinajstić information content (AvgIpc) is 3.07. The first-order chi connectivity index (χ1) is 11.6. The van der Waals surface area contributed by atoms with Crippen LogP contribution >= 0.6 is 21.6 Å². The highest BCUT2D eigenvalue weighted by Gasteiger charge is 2.32. The summed E-state index contributed by atoms with van der Waals surface area (Å²) in [6, 6.07) is 5.23. The molecule has 1 aromatic carbocycles. The van der Waals surface area contributed by atoms with Crippen molar-refractivity contribution in [2.45, 2.75) is 49.8 Å². The molecule has 5 nitrogen and oxygen atoms in total. The van der Waals surface area contributed by atoms with Gasteiger partial charge in [0.25, 0.3) is 6.04 Å². The minimum Gasteiger partial charge on any atom is -0.508 e. The van der Waals surface area contributed by atoms with Crippen molar-refractivity contribution in [3.05, 3.63) is 34.7 Å². The van der Waals surface area contributed by atoms with Gasteiger partial charge in [0.2, 0.25) is 0 Å². The molecule has 2 unspecified atom stereocenters. The molecule has 1 aliphatic rings. The van der Waals surface area contributed by atoms with Crippen molar-refractivity contribution in [3.63, 3.8) is 0 Å². The minimum atomic E-state index is -1.10. The molecule has 132 valence electrons. The molecule has 7 heteroatoms. The Kier molecular flexibility index (Phi) is 7.91. The molecule has 0 amide bonds. The fraction of sp³-hybridized carbons (Fsp3) is 0.588. The Hall–Kier alpha value is -1.21. The molecule has 2 atom stereocenters. The van der Waals surface area contributed by atoms with Gasteiger partial charge in [-0.1, -0.05) is 40.1 Å². The standard InChI is InChI=1S/C17H23NO4S2/c19-14-7-5-13(6-8-14)12-16(17(20)21)18(22)10-3-1-2-4-15-9-11-23-24-15/h5-8,15-16H,1-4,9-12H2,(H-,19,20,21)/p+1. The highest BCUT2D eigenvalue weighted by atomic mass is 33.1. The summed E-state index contributed by atoms with van der Waals surface area (Å²) >= 11 is 0. The van der Waals surface area contributed by atoms with Gasteiger partial charge in [-0.15, -0.1) is 0 Å². The lowest BCUT2D eigenvalue weighted by atomic mass is 10.1. The lowest BCUT2D eigenvalue weighted by molar-refractivity contribution is -0.574. The maximum absolute atomic E-state index is 12.2. The van der Waals surface area contributed by atoms with Crippen LogP contribution in [0, 0.1) is 4.91 Å². The van der Waals surface area contributed by atoms with Crippen LogP contribution in [0.4, 0.5) is 0 Å². The number of benzene rings is 1. The van der Waals surface area contributed by atoms with Crippen LogP contribution in [0.15, 0.2) is 24.3 Å². The Balaban J connectivity index is 1.72. The summed E-state index contributed by atoms with van der Waals surface area (Å²) in [5, 5.41) is 19.3. The van der Waals surface area contributed by atoms with E-state index in [9.17, 15) is 19.9 Å². The summed E-state index contributed by atoms with van der Waals surface area (Å²) in [6.07, 6.45) is 5.40. The van der Waals surface area contributed by atoms with Crippen LogP contribution in [0.25, 0.3) is 0 Å². The van der Waals surface area contributed by atoms with E-state index >= 15 is 0 Å². The van der Waals surface area contributed by atoms with Crippen molar-refractivity contribution < 1.29 is 19.8 Å². The molecule has 0 radical (unpaired) electrons. The van der Waals surface area contributed by atoms with Crippen LogP contribution in [0.3, 0.4) is 0 Å². The van der Waals surface area contributed by atoms with Gasteiger partial charge in [-0.3, -0.25) is 0 Å². The van der Waals surface area contributed by atoms with Gasteiger partial charge in [-0.2, -0.15) is 0 Å². The van der Waals surface area contributed by atoms with E-state index in [0.29, 0.717) is 4.76 Å². The fourth-order valence-electron chi connectivity index (χ4n) is 2.70.